The monoisotopic (exact) mass is 667 g/mol. The Morgan fingerprint density at radius 2 is 1.57 bits per heavy atom. The third-order valence-electron chi connectivity index (χ3n) is 9.03. The molecule has 2 aromatic carbocycles. The number of hydrogen-bond donors (Lipinski definition) is 1. The number of carbonyl (C=O) groups excluding carboxylic acids is 1. The lowest BCUT2D eigenvalue weighted by molar-refractivity contribution is -0.154. The molecule has 0 atom stereocenters. The van der Waals surface area contributed by atoms with Crippen LogP contribution in [0.25, 0.3) is 5.65 Å². The van der Waals surface area contributed by atoms with E-state index in [0.29, 0.717) is 0 Å². The van der Waals surface area contributed by atoms with Crippen molar-refractivity contribution in [2.45, 2.75) is 82.5 Å². The Balaban J connectivity index is 0.00000240. The number of piperidine rings is 1. The zero-order valence-corrected chi connectivity index (χ0v) is 28.5. The van der Waals surface area contributed by atoms with E-state index in [-0.39, 0.29) is 49.1 Å². The topological polar surface area (TPSA) is 81.0 Å². The minimum absolute atomic E-state index is 0. The van der Waals surface area contributed by atoms with Gasteiger partial charge in [0.15, 0.2) is 5.65 Å². The number of hydrogen-bond acceptors (Lipinski definition) is 7. The van der Waals surface area contributed by atoms with Crippen molar-refractivity contribution in [2.75, 3.05) is 31.5 Å². The van der Waals surface area contributed by atoms with Crippen LogP contribution in [0.2, 0.25) is 0 Å². The molecule has 0 bridgehead atoms. The van der Waals surface area contributed by atoms with E-state index in [0.717, 1.165) is 88.3 Å². The number of rotatable bonds is 12. The molecule has 6 rings (SSSR count). The van der Waals surface area contributed by atoms with Gasteiger partial charge in [-0.2, -0.15) is 0 Å². The molecule has 1 aliphatic heterocycles. The highest BCUT2D eigenvalue weighted by atomic mass is 35.5. The number of anilines is 1. The Hall–Kier alpha value is -3.17. The zero-order valence-electron chi connectivity index (χ0n) is 26.8. The van der Waals surface area contributed by atoms with Crippen LogP contribution in [-0.4, -0.2) is 63.9 Å². The number of halogens is 2. The van der Waals surface area contributed by atoms with E-state index in [4.69, 9.17) is 19.6 Å². The van der Waals surface area contributed by atoms with Crippen molar-refractivity contribution in [1.82, 2.24) is 19.5 Å². The molecule has 0 spiro atoms. The normalized spacial score (nSPS) is 16.7. The maximum absolute atomic E-state index is 13.1. The van der Waals surface area contributed by atoms with E-state index in [1.165, 1.54) is 11.1 Å². The third kappa shape index (κ3) is 8.40. The molecule has 0 amide bonds. The summed E-state index contributed by atoms with van der Waals surface area (Å²) in [5.41, 5.74) is 3.28. The zero-order chi connectivity index (χ0) is 30.4. The second kappa shape index (κ2) is 16.6. The molecule has 0 radical (unpaired) electrons. The average molecular weight is 669 g/mol. The summed E-state index contributed by atoms with van der Waals surface area (Å²) in [6.45, 7) is 7.76. The molecule has 46 heavy (non-hydrogen) atoms. The highest BCUT2D eigenvalue weighted by Crippen LogP contribution is 2.42. The molecule has 1 saturated carbocycles. The van der Waals surface area contributed by atoms with Crippen LogP contribution >= 0.6 is 24.8 Å². The van der Waals surface area contributed by atoms with Crippen LogP contribution in [0.3, 0.4) is 0 Å². The highest BCUT2D eigenvalue weighted by Gasteiger charge is 2.46. The largest absolute Gasteiger partial charge is 0.462 e. The Labute approximate surface area is 285 Å². The number of ether oxygens (including phenoxy) is 2. The standard InChI is InChI=1S/C36H45N5O3.2ClH/c1-27(2)43-35(42)36(20-9-10-21-36)31-26-41-33(38-31)17-16-32(39-41)37-22-11-23-40-24-18-30(19-25-40)44-34(28-12-5-3-6-13-28)29-14-7-4-8-15-29;;/h3-8,12-17,26-27,30,34H,9-11,18-25H2,1-2H3,(H,37,39);2*1H. The molecular formula is C36H47Cl2N5O3. The summed E-state index contributed by atoms with van der Waals surface area (Å²) in [4.78, 5) is 20.4. The van der Waals surface area contributed by atoms with Gasteiger partial charge in [-0.25, -0.2) is 9.50 Å². The number of imidazole rings is 1. The second-order valence-electron chi connectivity index (χ2n) is 12.5. The molecule has 1 saturated heterocycles. The summed E-state index contributed by atoms with van der Waals surface area (Å²) < 4.78 is 14.2. The Morgan fingerprint density at radius 3 is 2.17 bits per heavy atom. The van der Waals surface area contributed by atoms with Crippen molar-refractivity contribution in [3.63, 3.8) is 0 Å². The number of esters is 1. The van der Waals surface area contributed by atoms with E-state index < -0.39 is 5.41 Å². The van der Waals surface area contributed by atoms with E-state index in [1.807, 2.05) is 32.2 Å². The summed E-state index contributed by atoms with van der Waals surface area (Å²) in [5.74, 6) is 0.654. The first kappa shape index (κ1) is 35.7. The number of carbonyl (C=O) groups is 1. The molecule has 8 nitrogen and oxygen atoms in total. The van der Waals surface area contributed by atoms with Gasteiger partial charge in [0.2, 0.25) is 0 Å². The molecule has 2 aromatic heterocycles. The van der Waals surface area contributed by atoms with Gasteiger partial charge in [0.1, 0.15) is 17.3 Å². The molecule has 2 fully saturated rings. The fourth-order valence-corrected chi connectivity index (χ4v) is 6.66. The van der Waals surface area contributed by atoms with Crippen LogP contribution in [0.1, 0.15) is 81.7 Å². The lowest BCUT2D eigenvalue weighted by Gasteiger charge is -2.34. The van der Waals surface area contributed by atoms with Gasteiger partial charge in [-0.3, -0.25) is 4.79 Å². The SMILES string of the molecule is CC(C)OC(=O)C1(c2cn3nc(NCCCN4CCC(OC(c5ccccc5)c5ccccc5)CC4)ccc3n2)CCCC1.Cl.Cl. The molecule has 10 heteroatoms. The summed E-state index contributed by atoms with van der Waals surface area (Å²) in [5, 5.41) is 8.23. The molecule has 4 aromatic rings. The van der Waals surface area contributed by atoms with Gasteiger partial charge < -0.3 is 19.7 Å². The van der Waals surface area contributed by atoms with E-state index in [2.05, 4.69) is 70.9 Å². The van der Waals surface area contributed by atoms with Crippen LogP contribution < -0.4 is 5.32 Å². The molecule has 1 N–H and O–H groups in total. The van der Waals surface area contributed by atoms with Crippen LogP contribution in [0.15, 0.2) is 79.0 Å². The minimum atomic E-state index is -0.659. The summed E-state index contributed by atoms with van der Waals surface area (Å²) in [6, 6.07) is 25.0. The average Bonchev–Trinajstić information content (AvgIpc) is 3.72. The van der Waals surface area contributed by atoms with E-state index >= 15 is 0 Å². The Morgan fingerprint density at radius 1 is 0.935 bits per heavy atom. The van der Waals surface area contributed by atoms with Crippen molar-refractivity contribution in [2.24, 2.45) is 0 Å². The maximum atomic E-state index is 13.1. The van der Waals surface area contributed by atoms with Crippen LogP contribution in [0, 0.1) is 0 Å². The first-order chi connectivity index (χ1) is 21.5. The number of nitrogens with one attached hydrogen (secondary N) is 1. The van der Waals surface area contributed by atoms with Gasteiger partial charge >= 0.3 is 5.97 Å². The van der Waals surface area contributed by atoms with E-state index in [9.17, 15) is 4.79 Å². The summed E-state index contributed by atoms with van der Waals surface area (Å²) in [7, 11) is 0. The van der Waals surface area contributed by atoms with Crippen LogP contribution in [-0.2, 0) is 19.7 Å². The van der Waals surface area contributed by atoms with Gasteiger partial charge in [0, 0.05) is 19.6 Å². The van der Waals surface area contributed by atoms with Crippen molar-refractivity contribution < 1.29 is 14.3 Å². The predicted molar refractivity (Wildman–Crippen MR) is 187 cm³/mol. The molecule has 1 aliphatic carbocycles. The van der Waals surface area contributed by atoms with E-state index in [1.54, 1.807) is 4.52 Å². The van der Waals surface area contributed by atoms with Gasteiger partial charge in [-0.05, 0) is 75.8 Å². The van der Waals surface area contributed by atoms with Gasteiger partial charge in [0.25, 0.3) is 0 Å². The van der Waals surface area contributed by atoms with Gasteiger partial charge in [-0.1, -0.05) is 73.5 Å². The Bertz CT molecular complexity index is 1460. The van der Waals surface area contributed by atoms with Crippen molar-refractivity contribution in [1.29, 1.82) is 0 Å². The number of benzene rings is 2. The number of likely N-dealkylation sites (tertiary alicyclic amines) is 1. The molecule has 248 valence electrons. The highest BCUT2D eigenvalue weighted by molar-refractivity contribution is 5.85. The maximum Gasteiger partial charge on any atom is 0.318 e. The van der Waals surface area contributed by atoms with Crippen molar-refractivity contribution in [3.05, 3.63) is 95.8 Å². The number of fused-ring (bicyclic) bond motifs is 1. The Kier molecular flexibility index (Phi) is 12.9. The summed E-state index contributed by atoms with van der Waals surface area (Å²) >= 11 is 0. The van der Waals surface area contributed by atoms with Crippen molar-refractivity contribution in [3.8, 4) is 0 Å². The predicted octanol–water partition coefficient (Wildman–Crippen LogP) is 7.41. The first-order valence-electron chi connectivity index (χ1n) is 16.3. The third-order valence-corrected chi connectivity index (χ3v) is 9.03. The molecule has 2 aliphatic rings. The lowest BCUT2D eigenvalue weighted by atomic mass is 9.83. The summed E-state index contributed by atoms with van der Waals surface area (Å²) in [6.07, 6.45) is 8.66. The number of aromatic nitrogens is 3. The fourth-order valence-electron chi connectivity index (χ4n) is 6.66. The fraction of sp³-hybridized carbons (Fsp3) is 0.472. The van der Waals surface area contributed by atoms with Gasteiger partial charge in [-0.15, -0.1) is 29.9 Å². The van der Waals surface area contributed by atoms with Crippen molar-refractivity contribution >= 4 is 42.2 Å². The molecular weight excluding hydrogens is 621 g/mol. The smallest absolute Gasteiger partial charge is 0.318 e. The first-order valence-corrected chi connectivity index (χ1v) is 16.3. The second-order valence-corrected chi connectivity index (χ2v) is 12.5. The molecule has 3 heterocycles. The molecule has 0 unspecified atom stereocenters. The van der Waals surface area contributed by atoms with Gasteiger partial charge in [0.05, 0.1) is 24.1 Å². The lowest BCUT2D eigenvalue weighted by Crippen LogP contribution is -2.38. The number of nitrogens with zero attached hydrogens (tertiary/aromatic N) is 4. The quantitative estimate of drug-likeness (QED) is 0.124. The van der Waals surface area contributed by atoms with Crippen LogP contribution in [0.4, 0.5) is 5.82 Å². The van der Waals surface area contributed by atoms with Crippen LogP contribution in [0.5, 0.6) is 0 Å². The minimum Gasteiger partial charge on any atom is -0.462 e.